The average molecular weight is 369 g/mol. The molecule has 0 atom stereocenters. The van der Waals surface area contributed by atoms with Gasteiger partial charge in [-0.2, -0.15) is 0 Å². The van der Waals surface area contributed by atoms with Gasteiger partial charge in [0.2, 0.25) is 0 Å². The summed E-state index contributed by atoms with van der Waals surface area (Å²) in [6, 6.07) is 18.4. The largest absolute Gasteiger partial charge is 0.492 e. The first-order valence-electron chi connectivity index (χ1n) is 8.52. The zero-order valence-electron chi connectivity index (χ0n) is 14.9. The van der Waals surface area contributed by atoms with E-state index in [4.69, 9.17) is 13.9 Å². The van der Waals surface area contributed by atoms with E-state index in [1.54, 1.807) is 19.2 Å². The van der Waals surface area contributed by atoms with Crippen molar-refractivity contribution in [1.82, 2.24) is 4.90 Å². The second-order valence-electron chi connectivity index (χ2n) is 5.90. The van der Waals surface area contributed by atoms with Gasteiger partial charge in [0.25, 0.3) is 5.91 Å². The van der Waals surface area contributed by atoms with E-state index in [1.807, 2.05) is 30.3 Å². The number of amides is 1. The minimum atomic E-state index is -0.326. The molecule has 0 aliphatic rings. The topological polar surface area (TPSA) is 51.9 Å². The number of halogens is 1. The number of benzene rings is 2. The summed E-state index contributed by atoms with van der Waals surface area (Å²) in [5, 5.41) is 0. The minimum Gasteiger partial charge on any atom is -0.492 e. The number of carbonyl (C=O) groups is 1. The number of nitrogens with zero attached hydrogens (tertiary/aromatic N) is 1. The predicted molar refractivity (Wildman–Crippen MR) is 98.3 cm³/mol. The molecule has 0 unspecified atom stereocenters. The van der Waals surface area contributed by atoms with Crippen molar-refractivity contribution in [1.29, 1.82) is 0 Å². The minimum absolute atomic E-state index is 0.153. The normalized spacial score (nSPS) is 10.4. The van der Waals surface area contributed by atoms with Gasteiger partial charge in [-0.3, -0.25) is 4.79 Å². The SMILES string of the molecule is CN(CCOc1ccccc1)C(=O)c1ccc(COc2ccc(F)cc2)o1. The van der Waals surface area contributed by atoms with Gasteiger partial charge in [-0.15, -0.1) is 0 Å². The number of para-hydroxylation sites is 1. The number of hydrogen-bond acceptors (Lipinski definition) is 4. The number of rotatable bonds is 8. The second kappa shape index (κ2) is 8.89. The summed E-state index contributed by atoms with van der Waals surface area (Å²) in [6.07, 6.45) is 0. The summed E-state index contributed by atoms with van der Waals surface area (Å²) in [5.74, 6) is 1.46. The van der Waals surface area contributed by atoms with E-state index in [9.17, 15) is 9.18 Å². The highest BCUT2D eigenvalue weighted by atomic mass is 19.1. The molecule has 2 aromatic carbocycles. The van der Waals surface area contributed by atoms with Gasteiger partial charge in [0.1, 0.15) is 36.3 Å². The first-order chi connectivity index (χ1) is 13.1. The van der Waals surface area contributed by atoms with Crippen molar-refractivity contribution >= 4 is 5.91 Å². The second-order valence-corrected chi connectivity index (χ2v) is 5.90. The van der Waals surface area contributed by atoms with Gasteiger partial charge >= 0.3 is 0 Å². The Balaban J connectivity index is 1.47. The van der Waals surface area contributed by atoms with Crippen LogP contribution in [0.5, 0.6) is 11.5 Å². The molecule has 0 spiro atoms. The van der Waals surface area contributed by atoms with E-state index >= 15 is 0 Å². The third-order valence-corrected chi connectivity index (χ3v) is 3.85. The maximum atomic E-state index is 12.9. The van der Waals surface area contributed by atoms with Crippen molar-refractivity contribution in [2.24, 2.45) is 0 Å². The lowest BCUT2D eigenvalue weighted by atomic mass is 10.3. The molecule has 3 aromatic rings. The van der Waals surface area contributed by atoms with Crippen LogP contribution in [-0.4, -0.2) is 31.0 Å². The molecule has 3 rings (SSSR count). The van der Waals surface area contributed by atoms with Crippen LogP contribution in [0.15, 0.2) is 71.1 Å². The predicted octanol–water partition coefficient (Wildman–Crippen LogP) is 4.15. The molecular weight excluding hydrogens is 349 g/mol. The maximum absolute atomic E-state index is 12.9. The van der Waals surface area contributed by atoms with Gasteiger partial charge in [-0.05, 0) is 48.5 Å². The Labute approximate surface area is 156 Å². The van der Waals surface area contributed by atoms with Gasteiger partial charge < -0.3 is 18.8 Å². The van der Waals surface area contributed by atoms with Crippen LogP contribution in [0.3, 0.4) is 0 Å². The number of hydrogen-bond donors (Lipinski definition) is 0. The van der Waals surface area contributed by atoms with Crippen molar-refractivity contribution in [2.45, 2.75) is 6.61 Å². The van der Waals surface area contributed by atoms with E-state index < -0.39 is 0 Å². The van der Waals surface area contributed by atoms with Crippen molar-refractivity contribution in [2.75, 3.05) is 20.2 Å². The maximum Gasteiger partial charge on any atom is 0.289 e. The van der Waals surface area contributed by atoms with Crippen molar-refractivity contribution in [3.63, 3.8) is 0 Å². The van der Waals surface area contributed by atoms with Crippen LogP contribution in [0.25, 0.3) is 0 Å². The fourth-order valence-corrected chi connectivity index (χ4v) is 2.36. The molecular formula is C21H20FNO4. The van der Waals surface area contributed by atoms with Gasteiger partial charge in [0, 0.05) is 7.05 Å². The summed E-state index contributed by atoms with van der Waals surface area (Å²) in [6.45, 7) is 0.961. The number of ether oxygens (including phenoxy) is 2. The number of furan rings is 1. The Morgan fingerprint density at radius 1 is 0.963 bits per heavy atom. The smallest absolute Gasteiger partial charge is 0.289 e. The zero-order chi connectivity index (χ0) is 19.1. The zero-order valence-corrected chi connectivity index (χ0v) is 14.9. The molecule has 1 amide bonds. The number of carbonyl (C=O) groups excluding carboxylic acids is 1. The summed E-state index contributed by atoms with van der Waals surface area (Å²) >= 11 is 0. The van der Waals surface area contributed by atoms with Crippen LogP contribution in [0, 0.1) is 5.82 Å². The molecule has 6 heteroatoms. The molecule has 0 bridgehead atoms. The van der Waals surface area contributed by atoms with Crippen LogP contribution in [-0.2, 0) is 6.61 Å². The monoisotopic (exact) mass is 369 g/mol. The lowest BCUT2D eigenvalue weighted by Gasteiger charge is -2.16. The molecule has 27 heavy (non-hydrogen) atoms. The molecule has 0 saturated carbocycles. The molecule has 1 aromatic heterocycles. The van der Waals surface area contributed by atoms with E-state index in [1.165, 1.54) is 29.2 Å². The van der Waals surface area contributed by atoms with Crippen molar-refractivity contribution < 1.29 is 23.1 Å². The highest BCUT2D eigenvalue weighted by Crippen LogP contribution is 2.16. The summed E-state index contributed by atoms with van der Waals surface area (Å²) in [7, 11) is 1.69. The Morgan fingerprint density at radius 3 is 2.41 bits per heavy atom. The molecule has 0 fully saturated rings. The molecule has 5 nitrogen and oxygen atoms in total. The number of likely N-dealkylation sites (N-methyl/N-ethyl adjacent to an activating group) is 1. The van der Waals surface area contributed by atoms with Crippen LogP contribution in [0.2, 0.25) is 0 Å². The Bertz CT molecular complexity index is 861. The third-order valence-electron chi connectivity index (χ3n) is 3.85. The van der Waals surface area contributed by atoms with Crippen LogP contribution in [0.1, 0.15) is 16.3 Å². The first-order valence-corrected chi connectivity index (χ1v) is 8.52. The highest BCUT2D eigenvalue weighted by molar-refractivity contribution is 5.91. The quantitative estimate of drug-likeness (QED) is 0.599. The van der Waals surface area contributed by atoms with Crippen molar-refractivity contribution in [3.05, 3.63) is 84.1 Å². The molecule has 0 aliphatic heterocycles. The lowest BCUT2D eigenvalue weighted by Crippen LogP contribution is -2.30. The Kier molecular flexibility index (Phi) is 6.10. The Hall–Kier alpha value is -3.28. The van der Waals surface area contributed by atoms with Crippen LogP contribution >= 0.6 is 0 Å². The van der Waals surface area contributed by atoms with Crippen LogP contribution in [0.4, 0.5) is 4.39 Å². The van der Waals surface area contributed by atoms with E-state index in [2.05, 4.69) is 0 Å². The van der Waals surface area contributed by atoms with Gasteiger partial charge in [0.05, 0.1) is 6.54 Å². The van der Waals surface area contributed by atoms with Gasteiger partial charge in [-0.25, -0.2) is 4.39 Å². The molecule has 140 valence electrons. The van der Waals surface area contributed by atoms with Gasteiger partial charge in [-0.1, -0.05) is 18.2 Å². The van der Waals surface area contributed by atoms with Crippen LogP contribution < -0.4 is 9.47 Å². The first kappa shape index (κ1) is 18.5. The van der Waals surface area contributed by atoms with Crippen molar-refractivity contribution in [3.8, 4) is 11.5 Å². The molecule has 1 heterocycles. The summed E-state index contributed by atoms with van der Waals surface area (Å²) in [5.41, 5.74) is 0. The highest BCUT2D eigenvalue weighted by Gasteiger charge is 2.16. The molecule has 0 aliphatic carbocycles. The standard InChI is InChI=1S/C21H20FNO4/c1-23(13-14-25-17-5-3-2-4-6-17)21(24)20-12-11-19(27-20)15-26-18-9-7-16(22)8-10-18/h2-12H,13-15H2,1H3. The van der Waals surface area contributed by atoms with E-state index in [0.717, 1.165) is 5.75 Å². The fourth-order valence-electron chi connectivity index (χ4n) is 2.36. The van der Waals surface area contributed by atoms with Gasteiger partial charge in [0.15, 0.2) is 5.76 Å². The Morgan fingerprint density at radius 2 is 1.67 bits per heavy atom. The summed E-state index contributed by atoms with van der Waals surface area (Å²) in [4.78, 5) is 13.9. The molecule has 0 N–H and O–H groups in total. The lowest BCUT2D eigenvalue weighted by molar-refractivity contribution is 0.0738. The molecule has 0 radical (unpaired) electrons. The average Bonchev–Trinajstić information content (AvgIpc) is 3.17. The third kappa shape index (κ3) is 5.34. The molecule has 0 saturated heterocycles. The fraction of sp³-hybridized carbons (Fsp3) is 0.190. The van der Waals surface area contributed by atoms with E-state index in [0.29, 0.717) is 24.7 Å². The van der Waals surface area contributed by atoms with E-state index in [-0.39, 0.29) is 24.1 Å². The summed E-state index contributed by atoms with van der Waals surface area (Å²) < 4.78 is 29.5.